The van der Waals surface area contributed by atoms with Crippen molar-refractivity contribution in [3.63, 3.8) is 0 Å². The van der Waals surface area contributed by atoms with E-state index >= 15 is 0 Å². The van der Waals surface area contributed by atoms with Gasteiger partial charge in [-0.3, -0.25) is 0 Å². The topological polar surface area (TPSA) is 21.3 Å². The summed E-state index contributed by atoms with van der Waals surface area (Å²) in [6.45, 7) is 8.21. The van der Waals surface area contributed by atoms with Crippen molar-refractivity contribution < 1.29 is 4.74 Å². The van der Waals surface area contributed by atoms with E-state index in [1.54, 1.807) is 0 Å². The number of benzene rings is 1. The first kappa shape index (κ1) is 14.0. The lowest BCUT2D eigenvalue weighted by atomic mass is 10.0. The number of aryl methyl sites for hydroxylation is 1. The van der Waals surface area contributed by atoms with Gasteiger partial charge in [0.25, 0.3) is 0 Å². The van der Waals surface area contributed by atoms with Crippen molar-refractivity contribution in [3.8, 4) is 5.75 Å². The van der Waals surface area contributed by atoms with Crippen LogP contribution in [0.3, 0.4) is 0 Å². The van der Waals surface area contributed by atoms with Crippen LogP contribution < -0.4 is 10.1 Å². The zero-order valence-electron chi connectivity index (χ0n) is 11.3. The molecule has 0 aliphatic rings. The second kappa shape index (κ2) is 8.13. The van der Waals surface area contributed by atoms with Gasteiger partial charge in [0, 0.05) is 6.04 Å². The summed E-state index contributed by atoms with van der Waals surface area (Å²) in [7, 11) is 0. The molecule has 0 heterocycles. The molecule has 1 unspecified atom stereocenters. The van der Waals surface area contributed by atoms with Crippen LogP contribution in [0.15, 0.2) is 24.3 Å². The van der Waals surface area contributed by atoms with E-state index < -0.39 is 0 Å². The van der Waals surface area contributed by atoms with Crippen LogP contribution in [0.25, 0.3) is 0 Å². The van der Waals surface area contributed by atoms with Crippen molar-refractivity contribution in [2.24, 2.45) is 0 Å². The Labute approximate surface area is 105 Å². The summed E-state index contributed by atoms with van der Waals surface area (Å²) in [6.07, 6.45) is 3.51. The average Bonchev–Trinajstić information content (AvgIpc) is 2.35. The summed E-state index contributed by atoms with van der Waals surface area (Å²) in [5.41, 5.74) is 1.37. The van der Waals surface area contributed by atoms with E-state index in [1.165, 1.54) is 18.4 Å². The van der Waals surface area contributed by atoms with Crippen LogP contribution in [0.1, 0.15) is 39.2 Å². The van der Waals surface area contributed by atoms with Gasteiger partial charge in [-0.15, -0.1) is 0 Å². The molecule has 0 radical (unpaired) electrons. The maximum atomic E-state index is 5.51. The largest absolute Gasteiger partial charge is 0.494 e. The summed E-state index contributed by atoms with van der Waals surface area (Å²) in [4.78, 5) is 0. The quantitative estimate of drug-likeness (QED) is 0.745. The molecule has 1 atom stereocenters. The van der Waals surface area contributed by atoms with Crippen molar-refractivity contribution in [3.05, 3.63) is 29.8 Å². The molecule has 0 aliphatic heterocycles. The average molecular weight is 235 g/mol. The van der Waals surface area contributed by atoms with Crippen LogP contribution >= 0.6 is 0 Å². The molecule has 1 aromatic carbocycles. The third-order valence-corrected chi connectivity index (χ3v) is 2.98. The fraction of sp³-hybridized carbons (Fsp3) is 0.600. The van der Waals surface area contributed by atoms with Crippen LogP contribution in [0.2, 0.25) is 0 Å². The van der Waals surface area contributed by atoms with Crippen molar-refractivity contribution in [2.45, 2.75) is 46.1 Å². The highest BCUT2D eigenvalue weighted by Gasteiger charge is 2.05. The molecule has 0 fully saturated rings. The van der Waals surface area contributed by atoms with Gasteiger partial charge in [0.15, 0.2) is 0 Å². The molecule has 2 nitrogen and oxygen atoms in total. The first-order valence-electron chi connectivity index (χ1n) is 6.75. The normalized spacial score (nSPS) is 12.4. The maximum Gasteiger partial charge on any atom is 0.119 e. The minimum atomic E-state index is 0.635. The van der Waals surface area contributed by atoms with Crippen molar-refractivity contribution >= 4 is 0 Å². The highest BCUT2D eigenvalue weighted by Crippen LogP contribution is 2.15. The lowest BCUT2D eigenvalue weighted by Gasteiger charge is -2.15. The lowest BCUT2D eigenvalue weighted by molar-refractivity contribution is 0.340. The van der Waals surface area contributed by atoms with Crippen LogP contribution in [0, 0.1) is 0 Å². The first-order valence-corrected chi connectivity index (χ1v) is 6.75. The van der Waals surface area contributed by atoms with Crippen molar-refractivity contribution in [2.75, 3.05) is 13.2 Å². The Bertz CT molecular complexity index is 312. The molecule has 1 rings (SSSR count). The van der Waals surface area contributed by atoms with Crippen LogP contribution in [0.5, 0.6) is 5.75 Å². The molecule has 0 aromatic heterocycles. The lowest BCUT2D eigenvalue weighted by Crippen LogP contribution is -2.28. The second-order valence-electron chi connectivity index (χ2n) is 4.28. The monoisotopic (exact) mass is 235 g/mol. The van der Waals surface area contributed by atoms with E-state index in [0.717, 1.165) is 25.3 Å². The molecular weight excluding hydrogens is 210 g/mol. The molecule has 2 heteroatoms. The summed E-state index contributed by atoms with van der Waals surface area (Å²) in [6, 6.07) is 9.07. The summed E-state index contributed by atoms with van der Waals surface area (Å²) < 4.78 is 5.51. The van der Waals surface area contributed by atoms with Crippen molar-refractivity contribution in [1.82, 2.24) is 5.32 Å². The van der Waals surface area contributed by atoms with Crippen LogP contribution in [-0.4, -0.2) is 19.2 Å². The minimum Gasteiger partial charge on any atom is -0.494 e. The van der Waals surface area contributed by atoms with Gasteiger partial charge in [0.2, 0.25) is 0 Å². The summed E-state index contributed by atoms with van der Waals surface area (Å²) in [5.74, 6) is 0.987. The molecule has 0 saturated carbocycles. The molecule has 0 spiro atoms. The highest BCUT2D eigenvalue weighted by atomic mass is 16.5. The predicted molar refractivity (Wildman–Crippen MR) is 73.7 cm³/mol. The van der Waals surface area contributed by atoms with Crippen molar-refractivity contribution in [1.29, 1.82) is 0 Å². The van der Waals surface area contributed by atoms with E-state index in [9.17, 15) is 0 Å². The Morgan fingerprint density at radius 3 is 2.71 bits per heavy atom. The minimum absolute atomic E-state index is 0.635. The highest BCUT2D eigenvalue weighted by molar-refractivity contribution is 5.28. The fourth-order valence-electron chi connectivity index (χ4n) is 2.04. The Morgan fingerprint density at radius 2 is 2.06 bits per heavy atom. The van der Waals surface area contributed by atoms with Gasteiger partial charge < -0.3 is 10.1 Å². The van der Waals surface area contributed by atoms with Gasteiger partial charge in [-0.2, -0.15) is 0 Å². The van der Waals surface area contributed by atoms with E-state index in [-0.39, 0.29) is 0 Å². The van der Waals surface area contributed by atoms with E-state index in [2.05, 4.69) is 37.4 Å². The molecule has 0 amide bonds. The van der Waals surface area contributed by atoms with Crippen LogP contribution in [0.4, 0.5) is 0 Å². The summed E-state index contributed by atoms with van der Waals surface area (Å²) >= 11 is 0. The van der Waals surface area contributed by atoms with Gasteiger partial charge in [-0.25, -0.2) is 0 Å². The maximum absolute atomic E-state index is 5.51. The standard InChI is InChI=1S/C15H25NO/c1-4-14(16-5-2)11-10-13-8-7-9-15(12-13)17-6-3/h7-9,12,14,16H,4-6,10-11H2,1-3H3. The zero-order chi connectivity index (χ0) is 12.5. The van der Waals surface area contributed by atoms with Gasteiger partial charge in [0.1, 0.15) is 5.75 Å². The molecule has 1 aromatic rings. The molecule has 96 valence electrons. The van der Waals surface area contributed by atoms with E-state index in [0.29, 0.717) is 6.04 Å². The molecular formula is C15H25NO. The Hall–Kier alpha value is -1.02. The smallest absolute Gasteiger partial charge is 0.119 e. The SMILES string of the molecule is CCNC(CC)CCc1cccc(OCC)c1. The first-order chi connectivity index (χ1) is 8.30. The van der Waals surface area contributed by atoms with Gasteiger partial charge in [0.05, 0.1) is 6.61 Å². The van der Waals surface area contributed by atoms with E-state index in [4.69, 9.17) is 4.74 Å². The number of rotatable bonds is 8. The molecule has 0 saturated heterocycles. The Balaban J connectivity index is 2.47. The second-order valence-corrected chi connectivity index (χ2v) is 4.28. The van der Waals surface area contributed by atoms with Gasteiger partial charge >= 0.3 is 0 Å². The van der Waals surface area contributed by atoms with Gasteiger partial charge in [-0.1, -0.05) is 26.0 Å². The third kappa shape index (κ3) is 5.22. The summed E-state index contributed by atoms with van der Waals surface area (Å²) in [5, 5.41) is 3.51. The Kier molecular flexibility index (Phi) is 6.71. The van der Waals surface area contributed by atoms with E-state index in [1.807, 2.05) is 13.0 Å². The molecule has 0 bridgehead atoms. The molecule has 0 aliphatic carbocycles. The molecule has 17 heavy (non-hydrogen) atoms. The third-order valence-electron chi connectivity index (χ3n) is 2.98. The number of hydrogen-bond acceptors (Lipinski definition) is 2. The number of nitrogens with one attached hydrogen (secondary N) is 1. The van der Waals surface area contributed by atoms with Crippen LogP contribution in [-0.2, 0) is 6.42 Å². The van der Waals surface area contributed by atoms with Gasteiger partial charge in [-0.05, 0) is 50.4 Å². The predicted octanol–water partition coefficient (Wildman–Crippen LogP) is 3.41. The molecule has 1 N–H and O–H groups in total. The number of hydrogen-bond donors (Lipinski definition) is 1. The number of ether oxygens (including phenoxy) is 1. The fourth-order valence-corrected chi connectivity index (χ4v) is 2.04. The Morgan fingerprint density at radius 1 is 1.24 bits per heavy atom. The zero-order valence-corrected chi connectivity index (χ0v) is 11.3.